The van der Waals surface area contributed by atoms with E-state index in [1.54, 1.807) is 0 Å². The minimum atomic E-state index is -0.489. The van der Waals surface area contributed by atoms with Crippen LogP contribution in [0, 0.1) is 0 Å². The normalized spacial score (nSPS) is 10.6. The summed E-state index contributed by atoms with van der Waals surface area (Å²) in [7, 11) is 0. The highest BCUT2D eigenvalue weighted by molar-refractivity contribution is 5.38. The Morgan fingerprint density at radius 3 is 2.27 bits per heavy atom. The lowest BCUT2D eigenvalue weighted by molar-refractivity contribution is 0.0609. The molecule has 0 fully saturated rings. The molecule has 0 atom stereocenters. The van der Waals surface area contributed by atoms with E-state index in [0.717, 1.165) is 12.0 Å². The smallest absolute Gasteiger partial charge is 0.330 e. The van der Waals surface area contributed by atoms with Gasteiger partial charge in [-0.25, -0.2) is 4.79 Å². The number of ether oxygens (including phenoxy) is 1. The Kier molecular flexibility index (Phi) is 6.01. The molecule has 134 valence electrons. The second-order valence-corrected chi connectivity index (χ2v) is 5.90. The molecule has 3 rings (SSSR count). The van der Waals surface area contributed by atoms with Crippen molar-refractivity contribution in [3.05, 3.63) is 98.8 Å². The Morgan fingerprint density at radius 1 is 0.923 bits per heavy atom. The molecule has 3 aromatic rings. The van der Waals surface area contributed by atoms with Crippen molar-refractivity contribution in [2.24, 2.45) is 0 Å². The zero-order valence-electron chi connectivity index (χ0n) is 14.4. The lowest BCUT2D eigenvalue weighted by atomic mass is 10.1. The van der Waals surface area contributed by atoms with Crippen molar-refractivity contribution in [3.8, 4) is 0 Å². The van der Waals surface area contributed by atoms with Crippen molar-refractivity contribution < 1.29 is 4.74 Å². The molecule has 0 aliphatic rings. The van der Waals surface area contributed by atoms with E-state index < -0.39 is 11.2 Å². The highest BCUT2D eigenvalue weighted by atomic mass is 16.5. The van der Waals surface area contributed by atoms with Gasteiger partial charge >= 0.3 is 5.69 Å². The van der Waals surface area contributed by atoms with Gasteiger partial charge in [0.05, 0.1) is 6.61 Å². The number of anilines is 1. The summed E-state index contributed by atoms with van der Waals surface area (Å²) in [5.41, 5.74) is 1.63. The monoisotopic (exact) mass is 351 g/mol. The first-order valence-electron chi connectivity index (χ1n) is 8.45. The molecule has 1 aromatic heterocycles. The van der Waals surface area contributed by atoms with E-state index in [1.807, 2.05) is 60.7 Å². The number of H-pyrrole nitrogens is 1. The van der Waals surface area contributed by atoms with E-state index in [1.165, 1.54) is 16.3 Å². The van der Waals surface area contributed by atoms with Crippen LogP contribution in [-0.4, -0.2) is 16.1 Å². The Labute approximate surface area is 151 Å². The molecule has 0 radical (unpaired) electrons. The third-order valence-electron chi connectivity index (χ3n) is 3.92. The fourth-order valence-electron chi connectivity index (χ4n) is 2.55. The van der Waals surface area contributed by atoms with Gasteiger partial charge in [-0.2, -0.15) is 0 Å². The molecule has 26 heavy (non-hydrogen) atoms. The van der Waals surface area contributed by atoms with Gasteiger partial charge in [0.15, 0.2) is 0 Å². The third kappa shape index (κ3) is 4.94. The maximum Gasteiger partial charge on any atom is 0.330 e. The van der Waals surface area contributed by atoms with Gasteiger partial charge in [-0.1, -0.05) is 60.7 Å². The van der Waals surface area contributed by atoms with Crippen molar-refractivity contribution in [2.75, 3.05) is 11.9 Å². The number of hydrogen-bond donors (Lipinski definition) is 2. The highest BCUT2D eigenvalue weighted by Crippen LogP contribution is 2.03. The molecule has 0 aliphatic heterocycles. The SMILES string of the molecule is O=c1[nH]c(=O)n(COCc2ccccc2)cc1NCCc1ccccc1. The van der Waals surface area contributed by atoms with Crippen LogP contribution in [0.5, 0.6) is 0 Å². The van der Waals surface area contributed by atoms with Gasteiger partial charge < -0.3 is 10.1 Å². The molecule has 0 unspecified atom stereocenters. The van der Waals surface area contributed by atoms with Crippen LogP contribution in [-0.2, 0) is 24.5 Å². The third-order valence-corrected chi connectivity index (χ3v) is 3.92. The molecule has 2 aromatic carbocycles. The predicted octanol–water partition coefficient (Wildman–Crippen LogP) is 2.37. The van der Waals surface area contributed by atoms with E-state index >= 15 is 0 Å². The molecule has 0 amide bonds. The molecule has 0 saturated heterocycles. The van der Waals surface area contributed by atoms with E-state index in [4.69, 9.17) is 4.74 Å². The lowest BCUT2D eigenvalue weighted by Crippen LogP contribution is -2.32. The van der Waals surface area contributed by atoms with Crippen LogP contribution in [0.3, 0.4) is 0 Å². The quantitative estimate of drug-likeness (QED) is 0.653. The summed E-state index contributed by atoms with van der Waals surface area (Å²) < 4.78 is 6.91. The molecule has 6 heteroatoms. The van der Waals surface area contributed by atoms with Gasteiger partial charge in [-0.3, -0.25) is 14.3 Å². The molecule has 0 aliphatic carbocycles. The zero-order valence-corrected chi connectivity index (χ0v) is 14.4. The number of hydrogen-bond acceptors (Lipinski definition) is 4. The predicted molar refractivity (Wildman–Crippen MR) is 101 cm³/mol. The number of rotatable bonds is 8. The fourth-order valence-corrected chi connectivity index (χ4v) is 2.55. The number of benzene rings is 2. The van der Waals surface area contributed by atoms with Crippen molar-refractivity contribution in [2.45, 2.75) is 19.8 Å². The Hall–Kier alpha value is -3.12. The zero-order chi connectivity index (χ0) is 18.2. The minimum absolute atomic E-state index is 0.0673. The van der Waals surface area contributed by atoms with Gasteiger partial charge in [0.1, 0.15) is 12.4 Å². The number of nitrogens with one attached hydrogen (secondary N) is 2. The largest absolute Gasteiger partial charge is 0.379 e. The summed E-state index contributed by atoms with van der Waals surface area (Å²) in [5.74, 6) is 0. The molecule has 0 bridgehead atoms. The first kappa shape index (κ1) is 17.7. The molecular formula is C20H21N3O3. The summed E-state index contributed by atoms with van der Waals surface area (Å²) in [6.07, 6.45) is 2.28. The van der Waals surface area contributed by atoms with Crippen LogP contribution in [0.25, 0.3) is 0 Å². The average molecular weight is 351 g/mol. The van der Waals surface area contributed by atoms with Crippen LogP contribution < -0.4 is 16.6 Å². The Balaban J connectivity index is 1.59. The van der Waals surface area contributed by atoms with Gasteiger partial charge in [-0.15, -0.1) is 0 Å². The van der Waals surface area contributed by atoms with Crippen molar-refractivity contribution in [1.82, 2.24) is 9.55 Å². The first-order chi connectivity index (χ1) is 12.7. The molecule has 0 spiro atoms. The summed E-state index contributed by atoms with van der Waals surface area (Å²) in [4.78, 5) is 26.2. The van der Waals surface area contributed by atoms with Crippen LogP contribution in [0.1, 0.15) is 11.1 Å². The molecule has 1 heterocycles. The topological polar surface area (TPSA) is 76.1 Å². The summed E-state index contributed by atoms with van der Waals surface area (Å²) in [6.45, 7) is 1.05. The van der Waals surface area contributed by atoms with Gasteiger partial charge in [0.25, 0.3) is 5.56 Å². The van der Waals surface area contributed by atoms with Crippen LogP contribution in [0.15, 0.2) is 76.4 Å². The van der Waals surface area contributed by atoms with Gasteiger partial charge in [-0.05, 0) is 17.5 Å². The second kappa shape index (κ2) is 8.82. The summed E-state index contributed by atoms with van der Waals surface area (Å²) in [5, 5.41) is 3.08. The second-order valence-electron chi connectivity index (χ2n) is 5.90. The van der Waals surface area contributed by atoms with Crippen LogP contribution in [0.2, 0.25) is 0 Å². The molecular weight excluding hydrogens is 330 g/mol. The number of aromatic nitrogens is 2. The van der Waals surface area contributed by atoms with Crippen molar-refractivity contribution in [3.63, 3.8) is 0 Å². The maximum atomic E-state index is 12.0. The van der Waals surface area contributed by atoms with Crippen LogP contribution >= 0.6 is 0 Å². The van der Waals surface area contributed by atoms with E-state index in [0.29, 0.717) is 18.8 Å². The molecule has 0 saturated carbocycles. The standard InChI is InChI=1S/C20H21N3O3/c24-19-18(21-12-11-16-7-3-1-4-8-16)13-23(20(25)22-19)15-26-14-17-9-5-2-6-10-17/h1-10,13,21H,11-12,14-15H2,(H,22,24,25). The fraction of sp³-hybridized carbons (Fsp3) is 0.200. The van der Waals surface area contributed by atoms with Crippen molar-refractivity contribution >= 4 is 5.69 Å². The van der Waals surface area contributed by atoms with Crippen LogP contribution in [0.4, 0.5) is 5.69 Å². The Morgan fingerprint density at radius 2 is 1.58 bits per heavy atom. The molecule has 6 nitrogen and oxygen atoms in total. The summed E-state index contributed by atoms with van der Waals surface area (Å²) >= 11 is 0. The highest BCUT2D eigenvalue weighted by Gasteiger charge is 2.05. The van der Waals surface area contributed by atoms with Gasteiger partial charge in [0, 0.05) is 12.7 Å². The van der Waals surface area contributed by atoms with E-state index in [9.17, 15) is 9.59 Å². The van der Waals surface area contributed by atoms with Crippen molar-refractivity contribution in [1.29, 1.82) is 0 Å². The Bertz CT molecular complexity index is 859. The lowest BCUT2D eigenvalue weighted by Gasteiger charge is -2.10. The first-order valence-corrected chi connectivity index (χ1v) is 8.45. The number of nitrogens with zero attached hydrogens (tertiary/aromatic N) is 1. The van der Waals surface area contributed by atoms with Gasteiger partial charge in [0.2, 0.25) is 0 Å². The summed E-state index contributed by atoms with van der Waals surface area (Å²) in [6, 6.07) is 19.7. The average Bonchev–Trinajstić information content (AvgIpc) is 2.66. The van der Waals surface area contributed by atoms with E-state index in [2.05, 4.69) is 10.3 Å². The van der Waals surface area contributed by atoms with E-state index in [-0.39, 0.29) is 6.73 Å². The maximum absolute atomic E-state index is 12.0. The number of aromatic amines is 1. The molecule has 2 N–H and O–H groups in total. The minimum Gasteiger partial charge on any atom is -0.379 e.